The van der Waals surface area contributed by atoms with Crippen molar-refractivity contribution in [2.75, 3.05) is 18.0 Å². The summed E-state index contributed by atoms with van der Waals surface area (Å²) in [6, 6.07) is 11.7. The SMILES string of the molecule is NNC(=S)NC[C@H]1CN(c2ccc(-n3nc4ccccc4n3)c(F)c2)C(=O)O1. The zero-order valence-corrected chi connectivity index (χ0v) is 15.3. The highest BCUT2D eigenvalue weighted by molar-refractivity contribution is 7.80. The minimum atomic E-state index is -0.562. The average Bonchev–Trinajstić information content (AvgIpc) is 3.29. The number of fused-ring (bicyclic) bond motifs is 1. The van der Waals surface area contributed by atoms with Crippen LogP contribution in [0.15, 0.2) is 42.5 Å². The first-order valence-corrected chi connectivity index (χ1v) is 8.80. The van der Waals surface area contributed by atoms with E-state index in [9.17, 15) is 9.18 Å². The van der Waals surface area contributed by atoms with Crippen LogP contribution in [-0.2, 0) is 4.74 Å². The molecular weight excluding hydrogens is 385 g/mol. The van der Waals surface area contributed by atoms with E-state index in [0.717, 1.165) is 0 Å². The third-order valence-electron chi connectivity index (χ3n) is 4.24. The number of thiocarbonyl (C=S) groups is 1. The second-order valence-corrected chi connectivity index (χ2v) is 6.49. The molecule has 9 nitrogen and oxygen atoms in total. The summed E-state index contributed by atoms with van der Waals surface area (Å²) in [6.45, 7) is 0.539. The highest BCUT2D eigenvalue weighted by Gasteiger charge is 2.32. The molecule has 1 aliphatic heterocycles. The van der Waals surface area contributed by atoms with Crippen molar-refractivity contribution in [2.45, 2.75) is 6.10 Å². The van der Waals surface area contributed by atoms with Crippen molar-refractivity contribution in [2.24, 2.45) is 5.84 Å². The van der Waals surface area contributed by atoms with Crippen molar-refractivity contribution < 1.29 is 13.9 Å². The Morgan fingerprint density at radius 1 is 1.29 bits per heavy atom. The van der Waals surface area contributed by atoms with E-state index in [1.54, 1.807) is 18.2 Å². The number of hydrogen-bond acceptors (Lipinski definition) is 6. The normalized spacial score (nSPS) is 16.3. The molecule has 1 saturated heterocycles. The van der Waals surface area contributed by atoms with Crippen molar-refractivity contribution in [1.82, 2.24) is 25.7 Å². The number of rotatable bonds is 4. The van der Waals surface area contributed by atoms with Crippen LogP contribution in [0.4, 0.5) is 14.9 Å². The van der Waals surface area contributed by atoms with Gasteiger partial charge in [-0.15, -0.1) is 15.0 Å². The summed E-state index contributed by atoms with van der Waals surface area (Å²) in [5, 5.41) is 11.6. The Balaban J connectivity index is 1.53. The Morgan fingerprint density at radius 3 is 2.64 bits per heavy atom. The number of nitrogens with zero attached hydrogens (tertiary/aromatic N) is 4. The van der Waals surface area contributed by atoms with Crippen LogP contribution in [0.25, 0.3) is 16.7 Å². The van der Waals surface area contributed by atoms with E-state index in [1.807, 2.05) is 12.1 Å². The van der Waals surface area contributed by atoms with E-state index in [2.05, 4.69) is 20.9 Å². The van der Waals surface area contributed by atoms with Gasteiger partial charge < -0.3 is 15.5 Å². The first-order chi connectivity index (χ1) is 13.5. The molecule has 2 heterocycles. The molecule has 1 amide bonds. The highest BCUT2D eigenvalue weighted by Crippen LogP contribution is 2.25. The Morgan fingerprint density at radius 2 is 2.00 bits per heavy atom. The van der Waals surface area contributed by atoms with E-state index in [0.29, 0.717) is 16.7 Å². The quantitative estimate of drug-likeness (QED) is 0.340. The molecule has 0 saturated carbocycles. The van der Waals surface area contributed by atoms with Gasteiger partial charge in [0.2, 0.25) is 0 Å². The lowest BCUT2D eigenvalue weighted by Gasteiger charge is -2.14. The largest absolute Gasteiger partial charge is 0.442 e. The number of nitrogens with one attached hydrogen (secondary N) is 2. The van der Waals surface area contributed by atoms with E-state index in [-0.39, 0.29) is 23.9 Å². The molecule has 0 aliphatic carbocycles. The first-order valence-electron chi connectivity index (χ1n) is 8.40. The van der Waals surface area contributed by atoms with Crippen LogP contribution in [0.3, 0.4) is 0 Å². The third-order valence-corrected chi connectivity index (χ3v) is 4.50. The van der Waals surface area contributed by atoms with Gasteiger partial charge in [0, 0.05) is 6.07 Å². The molecule has 28 heavy (non-hydrogen) atoms. The van der Waals surface area contributed by atoms with Gasteiger partial charge in [0.15, 0.2) is 10.9 Å². The number of cyclic esters (lactones) is 1. The zero-order chi connectivity index (χ0) is 19.7. The van der Waals surface area contributed by atoms with Crippen molar-refractivity contribution in [3.05, 3.63) is 48.3 Å². The lowest BCUT2D eigenvalue weighted by Crippen LogP contribution is -2.43. The second kappa shape index (κ2) is 7.37. The lowest BCUT2D eigenvalue weighted by atomic mass is 10.2. The number of carbonyl (C=O) groups is 1. The van der Waals surface area contributed by atoms with Crippen LogP contribution >= 0.6 is 12.2 Å². The topological polar surface area (TPSA) is 110 Å². The van der Waals surface area contributed by atoms with E-state index >= 15 is 0 Å². The number of anilines is 1. The zero-order valence-electron chi connectivity index (χ0n) is 14.5. The number of benzene rings is 2. The predicted octanol–water partition coefficient (Wildman–Crippen LogP) is 1.22. The van der Waals surface area contributed by atoms with Gasteiger partial charge >= 0.3 is 6.09 Å². The smallest absolute Gasteiger partial charge is 0.414 e. The summed E-state index contributed by atoms with van der Waals surface area (Å²) in [7, 11) is 0. The monoisotopic (exact) mass is 401 g/mol. The summed E-state index contributed by atoms with van der Waals surface area (Å²) in [5.74, 6) is 4.63. The number of hydrazine groups is 1. The molecule has 0 unspecified atom stereocenters. The molecule has 1 fully saturated rings. The fraction of sp³-hybridized carbons (Fsp3) is 0.176. The molecule has 3 aromatic rings. The molecule has 0 radical (unpaired) electrons. The molecule has 1 aliphatic rings. The maximum atomic E-state index is 14.7. The maximum Gasteiger partial charge on any atom is 0.414 e. The van der Waals surface area contributed by atoms with Gasteiger partial charge in [-0.2, -0.15) is 0 Å². The van der Waals surface area contributed by atoms with Crippen LogP contribution in [-0.4, -0.2) is 45.4 Å². The molecule has 2 aromatic carbocycles. The lowest BCUT2D eigenvalue weighted by molar-refractivity contribution is 0.143. The Hall–Kier alpha value is -3.31. The fourth-order valence-electron chi connectivity index (χ4n) is 2.89. The number of ether oxygens (including phenoxy) is 1. The van der Waals surface area contributed by atoms with E-state index in [4.69, 9.17) is 22.8 Å². The van der Waals surface area contributed by atoms with Crippen molar-refractivity contribution >= 4 is 40.1 Å². The molecule has 11 heteroatoms. The molecule has 0 bridgehead atoms. The molecule has 4 N–H and O–H groups in total. The van der Waals surface area contributed by atoms with Gasteiger partial charge in [-0.25, -0.2) is 15.0 Å². The minimum absolute atomic E-state index is 0.185. The van der Waals surface area contributed by atoms with Crippen molar-refractivity contribution in [3.63, 3.8) is 0 Å². The number of halogens is 1. The average molecular weight is 401 g/mol. The molecular formula is C17H16FN7O2S. The van der Waals surface area contributed by atoms with Gasteiger partial charge in [-0.05, 0) is 36.5 Å². The number of aromatic nitrogens is 3. The van der Waals surface area contributed by atoms with Crippen LogP contribution < -0.4 is 21.5 Å². The van der Waals surface area contributed by atoms with E-state index in [1.165, 1.54) is 21.8 Å². The van der Waals surface area contributed by atoms with Crippen LogP contribution in [0.5, 0.6) is 0 Å². The van der Waals surface area contributed by atoms with Gasteiger partial charge in [0.1, 0.15) is 22.8 Å². The van der Waals surface area contributed by atoms with Crippen LogP contribution in [0.2, 0.25) is 0 Å². The fourth-order valence-corrected chi connectivity index (χ4v) is 2.97. The van der Waals surface area contributed by atoms with E-state index < -0.39 is 18.0 Å². The molecule has 0 spiro atoms. The van der Waals surface area contributed by atoms with Crippen molar-refractivity contribution in [1.29, 1.82) is 0 Å². The summed E-state index contributed by atoms with van der Waals surface area (Å²) in [5.41, 5.74) is 4.17. The summed E-state index contributed by atoms with van der Waals surface area (Å²) < 4.78 is 20.0. The Labute approximate surface area is 164 Å². The predicted molar refractivity (Wildman–Crippen MR) is 104 cm³/mol. The Bertz CT molecular complexity index is 1020. The summed E-state index contributed by atoms with van der Waals surface area (Å²) in [4.78, 5) is 14.7. The third kappa shape index (κ3) is 3.44. The van der Waals surface area contributed by atoms with Gasteiger partial charge in [0.05, 0.1) is 18.8 Å². The van der Waals surface area contributed by atoms with Gasteiger partial charge in [0.25, 0.3) is 0 Å². The minimum Gasteiger partial charge on any atom is -0.442 e. The van der Waals surface area contributed by atoms with Gasteiger partial charge in [-0.3, -0.25) is 4.90 Å². The number of amides is 1. The molecule has 1 atom stereocenters. The molecule has 144 valence electrons. The highest BCUT2D eigenvalue weighted by atomic mass is 32.1. The van der Waals surface area contributed by atoms with Crippen LogP contribution in [0.1, 0.15) is 0 Å². The Kier molecular flexibility index (Phi) is 4.75. The molecule has 4 rings (SSSR count). The van der Waals surface area contributed by atoms with Gasteiger partial charge in [-0.1, -0.05) is 12.1 Å². The summed E-state index contributed by atoms with van der Waals surface area (Å²) >= 11 is 4.88. The number of hydrogen-bond donors (Lipinski definition) is 3. The molecule has 1 aromatic heterocycles. The first kappa shape index (κ1) is 18.1. The number of carbonyl (C=O) groups excluding carboxylic acids is 1. The maximum absolute atomic E-state index is 14.7. The van der Waals surface area contributed by atoms with Crippen molar-refractivity contribution in [3.8, 4) is 5.69 Å². The number of nitrogens with two attached hydrogens (primary N) is 1. The summed E-state index contributed by atoms with van der Waals surface area (Å²) in [6.07, 6.45) is -1.01. The second-order valence-electron chi connectivity index (χ2n) is 6.08. The standard InChI is InChI=1S/C17H16FN7O2S/c18-12-7-10(24-9-11(27-17(24)26)8-20-16(28)21-19)5-6-15(12)25-22-13-3-1-2-4-14(13)23-25/h1-7,11H,8-9,19H2,(H2,20,21,28)/t11-/m0/s1. The van der Waals surface area contributed by atoms with Crippen LogP contribution in [0, 0.1) is 5.82 Å².